The van der Waals surface area contributed by atoms with Crippen molar-refractivity contribution in [1.82, 2.24) is 14.8 Å². The van der Waals surface area contributed by atoms with E-state index in [4.69, 9.17) is 4.42 Å². The highest BCUT2D eigenvalue weighted by molar-refractivity contribution is 5.93. The van der Waals surface area contributed by atoms with Crippen LogP contribution in [0.25, 0.3) is 11.5 Å². The summed E-state index contributed by atoms with van der Waals surface area (Å²) in [6.07, 6.45) is 4.66. The monoisotopic (exact) mass is 310 g/mol. The minimum atomic E-state index is -0.780. The topological polar surface area (TPSA) is 90.0 Å². The maximum Gasteiger partial charge on any atom is 0.267 e. The molecule has 0 fully saturated rings. The van der Waals surface area contributed by atoms with Crippen molar-refractivity contribution >= 4 is 11.6 Å². The first-order valence-corrected chi connectivity index (χ1v) is 7.00. The van der Waals surface area contributed by atoms with E-state index in [0.717, 1.165) is 4.68 Å². The zero-order valence-electron chi connectivity index (χ0n) is 12.3. The van der Waals surface area contributed by atoms with E-state index in [0.29, 0.717) is 17.1 Å². The summed E-state index contributed by atoms with van der Waals surface area (Å²) in [6.45, 7) is 1.60. The predicted octanol–water partition coefficient (Wildman–Crippen LogP) is 2.10. The summed E-state index contributed by atoms with van der Waals surface area (Å²) < 4.78 is 6.39. The van der Waals surface area contributed by atoms with Crippen molar-refractivity contribution in [2.75, 3.05) is 5.32 Å². The molecule has 0 aliphatic rings. The molecule has 0 aliphatic heterocycles. The number of amides is 1. The van der Waals surface area contributed by atoms with Gasteiger partial charge >= 0.3 is 0 Å². The normalized spacial score (nSPS) is 11.9. The standard InChI is InChI=1S/C16H14N4O3/c1-11(16(22)18-12-4-2-8-17-10-12)20-15(21)7-6-13(19-20)14-5-3-9-23-14/h2-11H,1H3,(H,18,22). The molecule has 3 aromatic heterocycles. The van der Waals surface area contributed by atoms with Crippen molar-refractivity contribution in [1.29, 1.82) is 0 Å². The van der Waals surface area contributed by atoms with Crippen LogP contribution in [0.4, 0.5) is 5.69 Å². The van der Waals surface area contributed by atoms with Gasteiger partial charge in [-0.2, -0.15) is 5.10 Å². The molecule has 1 unspecified atom stereocenters. The van der Waals surface area contributed by atoms with Gasteiger partial charge < -0.3 is 9.73 Å². The molecule has 0 saturated carbocycles. The molecule has 0 radical (unpaired) electrons. The van der Waals surface area contributed by atoms with Gasteiger partial charge in [-0.15, -0.1) is 0 Å². The lowest BCUT2D eigenvalue weighted by Gasteiger charge is -2.14. The molecule has 0 aromatic carbocycles. The quantitative estimate of drug-likeness (QED) is 0.797. The van der Waals surface area contributed by atoms with E-state index in [1.54, 1.807) is 43.5 Å². The number of aromatic nitrogens is 3. The number of carbonyl (C=O) groups is 1. The Morgan fingerprint density at radius 2 is 2.13 bits per heavy atom. The third-order valence-electron chi connectivity index (χ3n) is 3.27. The number of rotatable bonds is 4. The van der Waals surface area contributed by atoms with Gasteiger partial charge in [0.1, 0.15) is 11.7 Å². The van der Waals surface area contributed by atoms with E-state index in [1.807, 2.05) is 0 Å². The molecule has 1 N–H and O–H groups in total. The zero-order valence-corrected chi connectivity index (χ0v) is 12.3. The number of hydrogen-bond donors (Lipinski definition) is 1. The third kappa shape index (κ3) is 3.18. The van der Waals surface area contributed by atoms with Crippen molar-refractivity contribution in [2.45, 2.75) is 13.0 Å². The number of nitrogens with one attached hydrogen (secondary N) is 1. The molecule has 7 nitrogen and oxygen atoms in total. The summed E-state index contributed by atoms with van der Waals surface area (Å²) in [5, 5.41) is 6.91. The zero-order chi connectivity index (χ0) is 16.2. The van der Waals surface area contributed by atoms with Gasteiger partial charge in [0, 0.05) is 12.3 Å². The molecule has 3 rings (SSSR count). The van der Waals surface area contributed by atoms with Gasteiger partial charge in [0.25, 0.3) is 5.56 Å². The lowest BCUT2D eigenvalue weighted by Crippen LogP contribution is -2.33. The van der Waals surface area contributed by atoms with Gasteiger partial charge in [-0.1, -0.05) is 0 Å². The first kappa shape index (κ1) is 14.7. The van der Waals surface area contributed by atoms with Crippen LogP contribution < -0.4 is 10.9 Å². The maximum absolute atomic E-state index is 12.3. The molecule has 0 aliphatic carbocycles. The van der Waals surface area contributed by atoms with E-state index < -0.39 is 6.04 Å². The Morgan fingerprint density at radius 1 is 1.26 bits per heavy atom. The van der Waals surface area contributed by atoms with E-state index in [-0.39, 0.29) is 11.5 Å². The van der Waals surface area contributed by atoms with Crippen molar-refractivity contribution < 1.29 is 9.21 Å². The van der Waals surface area contributed by atoms with E-state index in [9.17, 15) is 9.59 Å². The fraction of sp³-hybridized carbons (Fsp3) is 0.125. The molecule has 0 saturated heterocycles. The minimum Gasteiger partial charge on any atom is -0.463 e. The Hall–Kier alpha value is -3.22. The number of pyridine rings is 1. The van der Waals surface area contributed by atoms with E-state index >= 15 is 0 Å². The molecule has 3 aromatic rings. The first-order valence-electron chi connectivity index (χ1n) is 7.00. The number of furan rings is 1. The fourth-order valence-corrected chi connectivity index (χ4v) is 2.05. The summed E-state index contributed by atoms with van der Waals surface area (Å²) in [7, 11) is 0. The van der Waals surface area contributed by atoms with Crippen LogP contribution in [0.5, 0.6) is 0 Å². The number of anilines is 1. The van der Waals surface area contributed by atoms with Gasteiger partial charge in [-0.05, 0) is 37.3 Å². The van der Waals surface area contributed by atoms with Crippen molar-refractivity contribution in [2.24, 2.45) is 0 Å². The van der Waals surface area contributed by atoms with Gasteiger partial charge in [-0.3, -0.25) is 14.6 Å². The van der Waals surface area contributed by atoms with Crippen LogP contribution in [0.3, 0.4) is 0 Å². The lowest BCUT2D eigenvalue weighted by molar-refractivity contribution is -0.119. The second-order valence-electron chi connectivity index (χ2n) is 4.89. The fourth-order valence-electron chi connectivity index (χ4n) is 2.05. The Bertz CT molecular complexity index is 857. The van der Waals surface area contributed by atoms with Crippen LogP contribution in [-0.2, 0) is 4.79 Å². The van der Waals surface area contributed by atoms with Crippen molar-refractivity contribution in [3.63, 3.8) is 0 Å². The first-order chi connectivity index (χ1) is 11.1. The van der Waals surface area contributed by atoms with Gasteiger partial charge in [0.15, 0.2) is 5.76 Å². The average molecular weight is 310 g/mol. The lowest BCUT2D eigenvalue weighted by atomic mass is 10.3. The van der Waals surface area contributed by atoms with Crippen molar-refractivity contribution in [3.05, 3.63) is 65.4 Å². The summed E-state index contributed by atoms with van der Waals surface area (Å²) in [5.41, 5.74) is 0.671. The Labute approximate surface area is 131 Å². The van der Waals surface area contributed by atoms with E-state index in [2.05, 4.69) is 15.4 Å². The SMILES string of the molecule is CC(C(=O)Nc1cccnc1)n1nc(-c2ccco2)ccc1=O. The summed E-state index contributed by atoms with van der Waals surface area (Å²) in [4.78, 5) is 28.2. The molecule has 1 amide bonds. The molecule has 0 spiro atoms. The highest BCUT2D eigenvalue weighted by atomic mass is 16.3. The van der Waals surface area contributed by atoms with E-state index in [1.165, 1.54) is 18.5 Å². The summed E-state index contributed by atoms with van der Waals surface area (Å²) >= 11 is 0. The highest BCUT2D eigenvalue weighted by Gasteiger charge is 2.18. The van der Waals surface area contributed by atoms with Crippen molar-refractivity contribution in [3.8, 4) is 11.5 Å². The maximum atomic E-state index is 12.3. The minimum absolute atomic E-state index is 0.357. The average Bonchev–Trinajstić information content (AvgIpc) is 3.10. The molecule has 3 heterocycles. The molecule has 116 valence electrons. The molecule has 23 heavy (non-hydrogen) atoms. The van der Waals surface area contributed by atoms with Gasteiger partial charge in [0.2, 0.25) is 5.91 Å². The Balaban J connectivity index is 1.87. The molecule has 0 bridgehead atoms. The van der Waals surface area contributed by atoms with Crippen LogP contribution in [0, 0.1) is 0 Å². The predicted molar refractivity (Wildman–Crippen MR) is 83.8 cm³/mol. The second kappa shape index (κ2) is 6.27. The van der Waals surface area contributed by atoms with Crippen LogP contribution in [0.15, 0.2) is 64.3 Å². The molecule has 1 atom stereocenters. The summed E-state index contributed by atoms with van der Waals surface area (Å²) in [6, 6.07) is 9.03. The van der Waals surface area contributed by atoms with Gasteiger partial charge in [-0.25, -0.2) is 4.68 Å². The van der Waals surface area contributed by atoms with Crippen LogP contribution >= 0.6 is 0 Å². The Kier molecular flexibility index (Phi) is 4.01. The van der Waals surface area contributed by atoms with Gasteiger partial charge in [0.05, 0.1) is 18.1 Å². The number of nitrogens with zero attached hydrogens (tertiary/aromatic N) is 3. The smallest absolute Gasteiger partial charge is 0.267 e. The largest absolute Gasteiger partial charge is 0.463 e. The third-order valence-corrected chi connectivity index (χ3v) is 3.27. The van der Waals surface area contributed by atoms with Crippen LogP contribution in [-0.4, -0.2) is 20.7 Å². The summed E-state index contributed by atoms with van der Waals surface area (Å²) in [5.74, 6) is 0.169. The van der Waals surface area contributed by atoms with Crippen LogP contribution in [0.1, 0.15) is 13.0 Å². The molecular formula is C16H14N4O3. The molecular weight excluding hydrogens is 296 g/mol. The Morgan fingerprint density at radius 3 is 2.83 bits per heavy atom. The highest BCUT2D eigenvalue weighted by Crippen LogP contribution is 2.16. The van der Waals surface area contributed by atoms with Crippen LogP contribution in [0.2, 0.25) is 0 Å². The number of hydrogen-bond acceptors (Lipinski definition) is 5. The molecule has 7 heteroatoms. The second-order valence-corrected chi connectivity index (χ2v) is 4.89. The number of carbonyl (C=O) groups excluding carboxylic acids is 1.